The van der Waals surface area contributed by atoms with Gasteiger partial charge in [0.05, 0.1) is 11.7 Å². The molecule has 2 atom stereocenters. The Hall–Kier alpha value is -1.73. The van der Waals surface area contributed by atoms with Gasteiger partial charge in [0.15, 0.2) is 4.84 Å². The number of nitrogens with one attached hydrogen (secondary N) is 1. The van der Waals surface area contributed by atoms with Crippen molar-refractivity contribution in [2.24, 2.45) is 0 Å². The smallest absolute Gasteiger partial charge is 0.253 e. The summed E-state index contributed by atoms with van der Waals surface area (Å²) in [7, 11) is 0. The second kappa shape index (κ2) is 10.3. The summed E-state index contributed by atoms with van der Waals surface area (Å²) in [6.07, 6.45) is 3.19. The lowest BCUT2D eigenvalue weighted by Crippen LogP contribution is -2.43. The molecule has 156 valence electrons. The van der Waals surface area contributed by atoms with Crippen molar-refractivity contribution < 1.29 is 14.3 Å². The van der Waals surface area contributed by atoms with Crippen LogP contribution in [0, 0.1) is 0 Å². The second-order valence-electron chi connectivity index (χ2n) is 7.17. The van der Waals surface area contributed by atoms with E-state index >= 15 is 0 Å². The molecule has 29 heavy (non-hydrogen) atoms. The maximum Gasteiger partial charge on any atom is 0.253 e. The van der Waals surface area contributed by atoms with Crippen LogP contribution in [0.25, 0.3) is 11.3 Å². The molecular formula is C21H24Cl2FN3O2. The molecule has 3 rings (SSSR count). The van der Waals surface area contributed by atoms with E-state index in [1.165, 1.54) is 18.4 Å². The first-order valence-electron chi connectivity index (χ1n) is 9.58. The average molecular weight is 440 g/mol. The highest BCUT2D eigenvalue weighted by Crippen LogP contribution is 2.23. The van der Waals surface area contributed by atoms with E-state index in [1.54, 1.807) is 12.1 Å². The van der Waals surface area contributed by atoms with Crippen LogP contribution in [0.2, 0.25) is 0 Å². The predicted molar refractivity (Wildman–Crippen MR) is 113 cm³/mol. The number of benzene rings is 1. The van der Waals surface area contributed by atoms with Crippen LogP contribution in [0.5, 0.6) is 0 Å². The van der Waals surface area contributed by atoms with Crippen LogP contribution in [0.1, 0.15) is 30.1 Å². The number of pyridine rings is 1. The zero-order valence-corrected chi connectivity index (χ0v) is 17.4. The van der Waals surface area contributed by atoms with E-state index in [-0.39, 0.29) is 0 Å². The maximum atomic E-state index is 13.3. The molecule has 1 fully saturated rings. The van der Waals surface area contributed by atoms with Crippen LogP contribution in [-0.2, 0) is 11.3 Å². The number of rotatable bonds is 8. The number of aromatic nitrogens is 1. The number of nitrogens with zero attached hydrogens (tertiary/aromatic N) is 2. The minimum atomic E-state index is -1.32. The van der Waals surface area contributed by atoms with E-state index in [4.69, 9.17) is 23.2 Å². The first-order chi connectivity index (χ1) is 14.0. The van der Waals surface area contributed by atoms with Gasteiger partial charge in [0.25, 0.3) is 5.91 Å². The van der Waals surface area contributed by atoms with Gasteiger partial charge < -0.3 is 10.4 Å². The zero-order valence-electron chi connectivity index (χ0n) is 15.9. The molecule has 1 saturated heterocycles. The van der Waals surface area contributed by atoms with Crippen LogP contribution < -0.4 is 5.32 Å². The minimum Gasteiger partial charge on any atom is -0.386 e. The summed E-state index contributed by atoms with van der Waals surface area (Å²) in [5, 5.41) is 12.7. The minimum absolute atomic E-state index is 0.475. The molecule has 0 spiro atoms. The molecule has 2 heterocycles. The molecule has 0 aliphatic carbocycles. The summed E-state index contributed by atoms with van der Waals surface area (Å²) in [6.45, 7) is 2.25. The van der Waals surface area contributed by atoms with E-state index in [0.717, 1.165) is 30.9 Å². The highest BCUT2D eigenvalue weighted by Gasteiger charge is 2.25. The van der Waals surface area contributed by atoms with E-state index in [0.29, 0.717) is 5.56 Å². The van der Waals surface area contributed by atoms with Gasteiger partial charge in [0.1, 0.15) is 12.8 Å². The molecule has 0 radical (unpaired) electrons. The van der Waals surface area contributed by atoms with Crippen LogP contribution in [0.4, 0.5) is 4.39 Å². The Bertz CT molecular complexity index is 797. The van der Waals surface area contributed by atoms with Gasteiger partial charge >= 0.3 is 0 Å². The summed E-state index contributed by atoms with van der Waals surface area (Å²) in [5.41, 5.74) is 3.36. The SMILES string of the molecule is O=C(NC(CF)C(O)c1ccc(-c2ccc(CN3CCCC3)cn2)cc1)C(Cl)Cl. The lowest BCUT2D eigenvalue weighted by atomic mass is 10.0. The fraction of sp³-hybridized carbons (Fsp3) is 0.429. The third-order valence-electron chi connectivity index (χ3n) is 5.05. The molecule has 0 bridgehead atoms. The van der Waals surface area contributed by atoms with Crippen molar-refractivity contribution in [1.82, 2.24) is 15.2 Å². The van der Waals surface area contributed by atoms with Gasteiger partial charge in [0.2, 0.25) is 0 Å². The van der Waals surface area contributed by atoms with Crippen molar-refractivity contribution in [3.8, 4) is 11.3 Å². The lowest BCUT2D eigenvalue weighted by Gasteiger charge is -2.22. The summed E-state index contributed by atoms with van der Waals surface area (Å²) < 4.78 is 13.3. The molecule has 2 N–H and O–H groups in total. The number of alkyl halides is 3. The molecule has 5 nitrogen and oxygen atoms in total. The van der Waals surface area contributed by atoms with Crippen LogP contribution in [-0.4, -0.2) is 51.5 Å². The van der Waals surface area contributed by atoms with Gasteiger partial charge in [-0.3, -0.25) is 14.7 Å². The summed E-state index contributed by atoms with van der Waals surface area (Å²) in [6, 6.07) is 9.92. The number of carbonyl (C=O) groups is 1. The largest absolute Gasteiger partial charge is 0.386 e. The molecule has 8 heteroatoms. The first-order valence-corrected chi connectivity index (χ1v) is 10.5. The quantitative estimate of drug-likeness (QED) is 0.616. The Morgan fingerprint density at radius 1 is 1.17 bits per heavy atom. The topological polar surface area (TPSA) is 65.5 Å². The third-order valence-corrected chi connectivity index (χ3v) is 5.45. The third kappa shape index (κ3) is 5.89. The highest BCUT2D eigenvalue weighted by atomic mass is 35.5. The van der Waals surface area contributed by atoms with Crippen molar-refractivity contribution >= 4 is 29.1 Å². The highest BCUT2D eigenvalue weighted by molar-refractivity contribution is 6.53. The van der Waals surface area contributed by atoms with Crippen molar-refractivity contribution in [2.75, 3.05) is 19.8 Å². The molecule has 1 aliphatic heterocycles. The van der Waals surface area contributed by atoms with Gasteiger partial charge in [-0.15, -0.1) is 0 Å². The second-order valence-corrected chi connectivity index (χ2v) is 8.27. The number of carbonyl (C=O) groups excluding carboxylic acids is 1. The summed E-state index contributed by atoms with van der Waals surface area (Å²) in [4.78, 5) is 17.2. The molecule has 1 amide bonds. The number of hydrogen-bond acceptors (Lipinski definition) is 4. The predicted octanol–water partition coefficient (Wildman–Crippen LogP) is 3.64. The Morgan fingerprint density at radius 3 is 2.41 bits per heavy atom. The number of aliphatic hydroxyl groups is 1. The average Bonchev–Trinajstić information content (AvgIpc) is 3.25. The van der Waals surface area contributed by atoms with E-state index < -0.39 is 29.6 Å². The molecule has 0 saturated carbocycles. The van der Waals surface area contributed by atoms with Gasteiger partial charge in [-0.2, -0.15) is 0 Å². The monoisotopic (exact) mass is 439 g/mol. The number of likely N-dealkylation sites (tertiary alicyclic amines) is 1. The Morgan fingerprint density at radius 2 is 1.86 bits per heavy atom. The van der Waals surface area contributed by atoms with Gasteiger partial charge in [0, 0.05) is 18.3 Å². The van der Waals surface area contributed by atoms with E-state index in [2.05, 4.69) is 21.3 Å². The molecule has 1 aliphatic rings. The van der Waals surface area contributed by atoms with Gasteiger partial charge in [-0.25, -0.2) is 4.39 Å². The van der Waals surface area contributed by atoms with Crippen molar-refractivity contribution in [1.29, 1.82) is 0 Å². The van der Waals surface area contributed by atoms with Gasteiger partial charge in [-0.05, 0) is 43.1 Å². The van der Waals surface area contributed by atoms with Crippen LogP contribution in [0.15, 0.2) is 42.6 Å². The Balaban J connectivity index is 1.64. The normalized spacial score (nSPS) is 16.7. The van der Waals surface area contributed by atoms with E-state index in [9.17, 15) is 14.3 Å². The zero-order chi connectivity index (χ0) is 20.8. The van der Waals surface area contributed by atoms with E-state index in [1.807, 2.05) is 24.4 Å². The Labute approximate surface area is 179 Å². The molecule has 1 aromatic heterocycles. The summed E-state index contributed by atoms with van der Waals surface area (Å²) in [5.74, 6) is -0.745. The summed E-state index contributed by atoms with van der Waals surface area (Å²) >= 11 is 10.9. The first kappa shape index (κ1) is 22.0. The van der Waals surface area contributed by atoms with Crippen LogP contribution in [0.3, 0.4) is 0 Å². The van der Waals surface area contributed by atoms with Crippen molar-refractivity contribution in [3.63, 3.8) is 0 Å². The standard InChI is InChI=1S/C21H24Cl2FN3O2/c22-20(23)21(29)26-18(11-24)19(28)16-6-4-15(5-7-16)17-8-3-14(12-25-17)13-27-9-1-2-10-27/h3-8,12,18-20,28H,1-2,9-11,13H2,(H,26,29). The van der Waals surface area contributed by atoms with Crippen LogP contribution >= 0.6 is 23.2 Å². The number of amides is 1. The molecule has 1 aromatic carbocycles. The maximum absolute atomic E-state index is 13.3. The van der Waals surface area contributed by atoms with Crippen molar-refractivity contribution in [2.45, 2.75) is 36.4 Å². The van der Waals surface area contributed by atoms with Gasteiger partial charge in [-0.1, -0.05) is 53.5 Å². The molecule has 2 unspecified atom stereocenters. The number of halogens is 3. The number of hydrogen-bond donors (Lipinski definition) is 2. The molecular weight excluding hydrogens is 416 g/mol. The fourth-order valence-corrected chi connectivity index (χ4v) is 3.54. The van der Waals surface area contributed by atoms with Crippen molar-refractivity contribution in [3.05, 3.63) is 53.7 Å². The Kier molecular flexibility index (Phi) is 7.84. The lowest BCUT2D eigenvalue weighted by molar-refractivity contribution is -0.121. The molecule has 2 aromatic rings. The number of aliphatic hydroxyl groups excluding tert-OH is 1. The fourth-order valence-electron chi connectivity index (χ4n) is 3.42.